The molecule has 4 N–H and O–H groups in total. The summed E-state index contributed by atoms with van der Waals surface area (Å²) in [4.78, 5) is 40.0. The number of carbonyl (C=O) groups excluding carboxylic acids is 3. The molecule has 5 atom stereocenters. The molecule has 0 aliphatic heterocycles. The summed E-state index contributed by atoms with van der Waals surface area (Å²) in [6.07, 6.45) is 5.00. The zero-order chi connectivity index (χ0) is 36.7. The molecule has 1 aromatic carbocycles. The van der Waals surface area contributed by atoms with Crippen molar-refractivity contribution >= 4 is 23.6 Å². The largest absolute Gasteiger partial charge is 0.488 e. The molecule has 0 radical (unpaired) electrons. The highest BCUT2D eigenvalue weighted by atomic mass is 19.1. The Kier molecular flexibility index (Phi) is 17.8. The molecule has 1 saturated carbocycles. The van der Waals surface area contributed by atoms with Gasteiger partial charge in [-0.3, -0.25) is 9.59 Å². The van der Waals surface area contributed by atoms with Crippen LogP contribution < -0.4 is 20.7 Å². The van der Waals surface area contributed by atoms with Gasteiger partial charge < -0.3 is 35.3 Å². The lowest BCUT2D eigenvalue weighted by molar-refractivity contribution is -0.128. The van der Waals surface area contributed by atoms with Crippen molar-refractivity contribution in [3.63, 3.8) is 0 Å². The minimum absolute atomic E-state index is 0.0151. The van der Waals surface area contributed by atoms with Gasteiger partial charge in [0.15, 0.2) is 11.6 Å². The number of ether oxygens (including phenoxy) is 3. The second kappa shape index (κ2) is 20.7. The Bertz CT molecular complexity index is 1170. The summed E-state index contributed by atoms with van der Waals surface area (Å²) in [5.74, 6) is -1.47. The molecular weight excluding hydrogens is 629 g/mol. The van der Waals surface area contributed by atoms with Gasteiger partial charge in [-0.25, -0.2) is 9.18 Å². The van der Waals surface area contributed by atoms with Crippen molar-refractivity contribution in [3.8, 4) is 5.75 Å². The van der Waals surface area contributed by atoms with Gasteiger partial charge in [-0.15, -0.1) is 0 Å². The Balaban J connectivity index is 2.22. The number of para-hydroxylation sites is 1. The van der Waals surface area contributed by atoms with Crippen LogP contribution in [0.2, 0.25) is 0 Å². The lowest BCUT2D eigenvalue weighted by Gasteiger charge is -2.34. The van der Waals surface area contributed by atoms with Crippen LogP contribution in [0, 0.1) is 35.4 Å². The third-order valence-corrected chi connectivity index (χ3v) is 9.46. The highest BCUT2D eigenvalue weighted by Crippen LogP contribution is 2.31. The fourth-order valence-corrected chi connectivity index (χ4v) is 6.45. The number of rotatable bonds is 19. The van der Waals surface area contributed by atoms with E-state index in [4.69, 9.17) is 14.2 Å². The number of aliphatic hydroxyl groups excluding tert-OH is 1. The van der Waals surface area contributed by atoms with Gasteiger partial charge in [-0.1, -0.05) is 53.0 Å². The Morgan fingerprint density at radius 2 is 1.63 bits per heavy atom. The van der Waals surface area contributed by atoms with Crippen molar-refractivity contribution < 1.29 is 38.1 Å². The van der Waals surface area contributed by atoms with Crippen LogP contribution in [0.1, 0.15) is 113 Å². The standard InChI is InChI=1S/C38H64FN3O7/c1-24(2)28(22-34(44)41-31-18-13-17-30(39)35(31)48-20-14-19-47-9)21-32(42-37(46)49-38(6,7)8)33(43)23-29(25(3)4)36(45)40-26(5)27-15-11-10-12-16-27/h13,17-18,24-29,32-33,43H,10-12,14-16,19-23H2,1-9H3,(H,40,45)(H,41,44)(H,42,46)/t26-,28+,29-,32-,33-/m0/s1. The van der Waals surface area contributed by atoms with Gasteiger partial charge in [-0.05, 0) is 89.2 Å². The van der Waals surface area contributed by atoms with Crippen LogP contribution >= 0.6 is 0 Å². The summed E-state index contributed by atoms with van der Waals surface area (Å²) < 4.78 is 30.9. The maximum absolute atomic E-state index is 14.7. The van der Waals surface area contributed by atoms with Gasteiger partial charge in [0.1, 0.15) is 5.60 Å². The number of amides is 3. The van der Waals surface area contributed by atoms with Crippen molar-refractivity contribution in [3.05, 3.63) is 24.0 Å². The number of hydrogen-bond donors (Lipinski definition) is 4. The van der Waals surface area contributed by atoms with E-state index in [2.05, 4.69) is 22.9 Å². The molecule has 49 heavy (non-hydrogen) atoms. The van der Waals surface area contributed by atoms with Crippen LogP contribution in [0.15, 0.2) is 18.2 Å². The maximum atomic E-state index is 14.7. The Hall–Kier alpha value is -2.92. The van der Waals surface area contributed by atoms with E-state index in [9.17, 15) is 23.9 Å². The van der Waals surface area contributed by atoms with Gasteiger partial charge in [0.25, 0.3) is 0 Å². The molecule has 0 bridgehead atoms. The average Bonchev–Trinajstić information content (AvgIpc) is 3.01. The third kappa shape index (κ3) is 15.2. The fourth-order valence-electron chi connectivity index (χ4n) is 6.45. The van der Waals surface area contributed by atoms with E-state index in [-0.39, 0.29) is 72.9 Å². The van der Waals surface area contributed by atoms with Crippen molar-refractivity contribution in [2.24, 2.45) is 29.6 Å². The molecule has 1 aliphatic rings. The molecule has 1 fully saturated rings. The van der Waals surface area contributed by atoms with Crippen molar-refractivity contribution in [1.82, 2.24) is 10.6 Å². The number of carbonyl (C=O) groups is 3. The molecule has 0 heterocycles. The van der Waals surface area contributed by atoms with Crippen LogP contribution in [0.5, 0.6) is 5.75 Å². The third-order valence-electron chi connectivity index (χ3n) is 9.46. The van der Waals surface area contributed by atoms with Gasteiger partial charge in [-0.2, -0.15) is 0 Å². The summed E-state index contributed by atoms with van der Waals surface area (Å²) in [7, 11) is 1.57. The van der Waals surface area contributed by atoms with Gasteiger partial charge in [0, 0.05) is 38.5 Å². The monoisotopic (exact) mass is 693 g/mol. The molecule has 0 unspecified atom stereocenters. The number of benzene rings is 1. The Morgan fingerprint density at radius 1 is 0.959 bits per heavy atom. The molecular formula is C38H64FN3O7. The van der Waals surface area contributed by atoms with E-state index in [1.807, 2.05) is 27.7 Å². The van der Waals surface area contributed by atoms with Crippen LogP contribution in [-0.2, 0) is 19.1 Å². The van der Waals surface area contributed by atoms with Crippen molar-refractivity contribution in [2.75, 3.05) is 25.6 Å². The van der Waals surface area contributed by atoms with Gasteiger partial charge in [0.05, 0.1) is 24.4 Å². The topological polar surface area (TPSA) is 135 Å². The Labute approximate surface area is 294 Å². The predicted molar refractivity (Wildman–Crippen MR) is 191 cm³/mol. The van der Waals surface area contributed by atoms with Crippen LogP contribution in [0.25, 0.3) is 0 Å². The quantitative estimate of drug-likeness (QED) is 0.112. The number of anilines is 1. The summed E-state index contributed by atoms with van der Waals surface area (Å²) in [6, 6.07) is 3.60. The maximum Gasteiger partial charge on any atom is 0.407 e. The summed E-state index contributed by atoms with van der Waals surface area (Å²) in [5.41, 5.74) is -0.539. The summed E-state index contributed by atoms with van der Waals surface area (Å²) in [5, 5.41) is 20.6. The van der Waals surface area contributed by atoms with Crippen LogP contribution in [0.3, 0.4) is 0 Å². The van der Waals surface area contributed by atoms with Crippen LogP contribution in [-0.4, -0.2) is 67.1 Å². The Morgan fingerprint density at radius 3 is 2.22 bits per heavy atom. The minimum atomic E-state index is -1.09. The van der Waals surface area contributed by atoms with E-state index in [1.54, 1.807) is 33.9 Å². The molecule has 11 heteroatoms. The SMILES string of the molecule is COCCCOc1c(F)cccc1NC(=O)C[C@@H](C[C@H](NC(=O)OC(C)(C)C)[C@@H](O)C[C@H](C(=O)N[C@@H](C)C1CCCCC1)C(C)C)C(C)C. The van der Waals surface area contributed by atoms with Gasteiger partial charge in [0.2, 0.25) is 11.8 Å². The molecule has 10 nitrogen and oxygen atoms in total. The first kappa shape index (κ1) is 42.2. The first-order chi connectivity index (χ1) is 23.0. The molecule has 0 spiro atoms. The highest BCUT2D eigenvalue weighted by Gasteiger charge is 2.35. The van der Waals surface area contributed by atoms with Crippen molar-refractivity contribution in [2.45, 2.75) is 137 Å². The zero-order valence-corrected chi connectivity index (χ0v) is 31.4. The number of aliphatic hydroxyl groups is 1. The molecule has 0 saturated heterocycles. The number of nitrogens with one attached hydrogen (secondary N) is 3. The number of halogens is 1. The lowest BCUT2D eigenvalue weighted by Crippen LogP contribution is -2.49. The van der Waals surface area contributed by atoms with E-state index in [0.29, 0.717) is 18.9 Å². The number of methoxy groups -OCH3 is 1. The lowest BCUT2D eigenvalue weighted by atomic mass is 9.81. The molecule has 280 valence electrons. The van der Waals surface area contributed by atoms with E-state index < -0.39 is 35.6 Å². The molecule has 0 aromatic heterocycles. The van der Waals surface area contributed by atoms with E-state index >= 15 is 0 Å². The van der Waals surface area contributed by atoms with Crippen LogP contribution in [0.4, 0.5) is 14.9 Å². The second-order valence-electron chi connectivity index (χ2n) is 15.4. The molecule has 1 aromatic rings. The first-order valence-electron chi connectivity index (χ1n) is 18.2. The smallest absolute Gasteiger partial charge is 0.407 e. The van der Waals surface area contributed by atoms with E-state index in [0.717, 1.165) is 12.8 Å². The minimum Gasteiger partial charge on any atom is -0.488 e. The summed E-state index contributed by atoms with van der Waals surface area (Å²) >= 11 is 0. The molecule has 3 amide bonds. The fraction of sp³-hybridized carbons (Fsp3) is 0.763. The number of hydrogen-bond acceptors (Lipinski definition) is 7. The predicted octanol–water partition coefficient (Wildman–Crippen LogP) is 7.23. The average molecular weight is 694 g/mol. The highest BCUT2D eigenvalue weighted by molar-refractivity contribution is 5.92. The first-order valence-corrected chi connectivity index (χ1v) is 18.2. The number of alkyl carbamates (subject to hydrolysis) is 1. The second-order valence-corrected chi connectivity index (χ2v) is 15.4. The zero-order valence-electron chi connectivity index (χ0n) is 31.4. The van der Waals surface area contributed by atoms with Crippen molar-refractivity contribution in [1.29, 1.82) is 0 Å². The summed E-state index contributed by atoms with van der Waals surface area (Å²) in [6.45, 7) is 15.9. The molecule has 1 aliphatic carbocycles. The van der Waals surface area contributed by atoms with Gasteiger partial charge >= 0.3 is 6.09 Å². The normalized spacial score (nSPS) is 17.2. The molecule has 2 rings (SSSR count). The van der Waals surface area contributed by atoms with E-state index in [1.165, 1.54) is 31.4 Å².